The number of carboxylic acid groups (broad SMARTS) is 1. The van der Waals surface area contributed by atoms with E-state index in [0.717, 1.165) is 0 Å². The lowest BCUT2D eigenvalue weighted by molar-refractivity contribution is -0.150. The molecule has 0 radical (unpaired) electrons. The Morgan fingerprint density at radius 2 is 1.90 bits per heavy atom. The Morgan fingerprint density at radius 3 is 2.50 bits per heavy atom. The summed E-state index contributed by atoms with van der Waals surface area (Å²) in [5.74, 6) is -1.50. The molecule has 0 aromatic heterocycles. The van der Waals surface area contributed by atoms with Crippen LogP contribution in [0, 0.1) is 0 Å². The summed E-state index contributed by atoms with van der Waals surface area (Å²) in [4.78, 5) is 22.8. The van der Waals surface area contributed by atoms with Crippen molar-refractivity contribution in [2.24, 2.45) is 0 Å². The summed E-state index contributed by atoms with van der Waals surface area (Å²) >= 11 is 15.2. The van der Waals surface area contributed by atoms with Crippen LogP contribution in [0.25, 0.3) is 0 Å². The maximum Gasteiger partial charge on any atom is 0.332 e. The van der Waals surface area contributed by atoms with Crippen molar-refractivity contribution in [2.75, 3.05) is 5.32 Å². The molecule has 0 aliphatic carbocycles. The highest BCUT2D eigenvalue weighted by Gasteiger charge is 2.34. The zero-order chi connectivity index (χ0) is 14.9. The number of amides is 1. The fourth-order valence-corrected chi connectivity index (χ4v) is 2.67. The molecule has 1 aliphatic heterocycles. The molecular formula is C12H10BrCl2NO4. The van der Waals surface area contributed by atoms with E-state index >= 15 is 0 Å². The second kappa shape index (κ2) is 6.30. The lowest BCUT2D eigenvalue weighted by Gasteiger charge is -2.13. The van der Waals surface area contributed by atoms with E-state index in [1.807, 2.05) is 0 Å². The van der Waals surface area contributed by atoms with Gasteiger partial charge in [-0.05, 0) is 40.9 Å². The third kappa shape index (κ3) is 3.25. The largest absolute Gasteiger partial charge is 0.479 e. The molecule has 1 aromatic rings. The summed E-state index contributed by atoms with van der Waals surface area (Å²) in [5, 5.41) is 11.9. The van der Waals surface area contributed by atoms with Crippen molar-refractivity contribution < 1.29 is 19.4 Å². The van der Waals surface area contributed by atoms with Gasteiger partial charge in [0.15, 0.2) is 6.10 Å². The first kappa shape index (κ1) is 15.6. The second-order valence-corrected chi connectivity index (χ2v) is 5.85. The quantitative estimate of drug-likeness (QED) is 0.786. The van der Waals surface area contributed by atoms with Gasteiger partial charge in [-0.1, -0.05) is 23.2 Å². The molecule has 1 saturated heterocycles. The number of carboxylic acids is 1. The first-order valence-electron chi connectivity index (χ1n) is 5.72. The molecule has 2 atom stereocenters. The van der Waals surface area contributed by atoms with E-state index in [1.165, 1.54) is 0 Å². The number of aliphatic carboxylic acids is 1. The van der Waals surface area contributed by atoms with Gasteiger partial charge in [-0.3, -0.25) is 4.79 Å². The van der Waals surface area contributed by atoms with Gasteiger partial charge in [0.2, 0.25) is 0 Å². The topological polar surface area (TPSA) is 75.6 Å². The van der Waals surface area contributed by atoms with Gasteiger partial charge in [-0.25, -0.2) is 4.79 Å². The summed E-state index contributed by atoms with van der Waals surface area (Å²) in [5.41, 5.74) is 0.354. The highest BCUT2D eigenvalue weighted by atomic mass is 79.9. The minimum Gasteiger partial charge on any atom is -0.479 e. The van der Waals surface area contributed by atoms with Crippen molar-refractivity contribution in [2.45, 2.75) is 25.0 Å². The lowest BCUT2D eigenvalue weighted by Crippen LogP contribution is -2.30. The fourth-order valence-electron chi connectivity index (χ4n) is 1.85. The summed E-state index contributed by atoms with van der Waals surface area (Å²) in [6.07, 6.45) is -1.07. The smallest absolute Gasteiger partial charge is 0.332 e. The Morgan fingerprint density at radius 1 is 1.25 bits per heavy atom. The molecule has 20 heavy (non-hydrogen) atoms. The SMILES string of the molecule is O=C(Nc1ccc(Br)c(Cl)c1Cl)[C@@H]1CC[C@H](C(=O)O)O1. The lowest BCUT2D eigenvalue weighted by atomic mass is 10.2. The van der Waals surface area contributed by atoms with Gasteiger partial charge in [0.05, 0.1) is 15.7 Å². The van der Waals surface area contributed by atoms with E-state index in [1.54, 1.807) is 12.1 Å². The van der Waals surface area contributed by atoms with E-state index in [-0.39, 0.29) is 5.02 Å². The summed E-state index contributed by atoms with van der Waals surface area (Å²) in [7, 11) is 0. The molecule has 2 rings (SSSR count). The Balaban J connectivity index is 2.06. The molecule has 0 saturated carbocycles. The molecule has 0 spiro atoms. The maximum atomic E-state index is 12.0. The molecule has 5 nitrogen and oxygen atoms in total. The van der Waals surface area contributed by atoms with Crippen molar-refractivity contribution >= 4 is 56.7 Å². The number of anilines is 1. The van der Waals surface area contributed by atoms with E-state index in [4.69, 9.17) is 33.0 Å². The number of halogens is 3. The predicted molar refractivity (Wildman–Crippen MR) is 78.3 cm³/mol. The molecule has 1 fully saturated rings. The van der Waals surface area contributed by atoms with Crippen LogP contribution in [0.5, 0.6) is 0 Å². The molecule has 1 amide bonds. The fraction of sp³-hybridized carbons (Fsp3) is 0.333. The standard InChI is InChI=1S/C12H10BrCl2NO4/c13-5-1-2-6(10(15)9(5)14)16-11(17)7-3-4-8(20-7)12(18)19/h1-2,7-8H,3-4H2,(H,16,17)(H,18,19)/t7-,8+/m0/s1. The number of hydrogen-bond donors (Lipinski definition) is 2. The van der Waals surface area contributed by atoms with Gasteiger partial charge in [0.25, 0.3) is 5.91 Å². The van der Waals surface area contributed by atoms with E-state index in [2.05, 4.69) is 21.2 Å². The number of ether oxygens (including phenoxy) is 1. The third-order valence-electron chi connectivity index (χ3n) is 2.88. The molecule has 1 aliphatic rings. The van der Waals surface area contributed by atoms with Crippen LogP contribution >= 0.6 is 39.1 Å². The normalized spacial score (nSPS) is 21.8. The first-order valence-corrected chi connectivity index (χ1v) is 7.27. The van der Waals surface area contributed by atoms with Crippen molar-refractivity contribution in [3.05, 3.63) is 26.7 Å². The van der Waals surface area contributed by atoms with Gasteiger partial charge < -0.3 is 15.2 Å². The van der Waals surface area contributed by atoms with Gasteiger partial charge in [-0.15, -0.1) is 0 Å². The Labute approximate surface area is 133 Å². The van der Waals surface area contributed by atoms with E-state index < -0.39 is 24.1 Å². The van der Waals surface area contributed by atoms with Gasteiger partial charge in [0.1, 0.15) is 6.10 Å². The van der Waals surface area contributed by atoms with Crippen LogP contribution in [0.3, 0.4) is 0 Å². The monoisotopic (exact) mass is 381 g/mol. The number of carbonyl (C=O) groups is 2. The Bertz CT molecular complexity index is 567. The van der Waals surface area contributed by atoms with Crippen molar-refractivity contribution in [3.63, 3.8) is 0 Å². The molecular weight excluding hydrogens is 373 g/mol. The van der Waals surface area contributed by atoms with E-state index in [9.17, 15) is 9.59 Å². The molecule has 1 heterocycles. The second-order valence-electron chi connectivity index (χ2n) is 4.24. The summed E-state index contributed by atoms with van der Waals surface area (Å²) in [6.45, 7) is 0. The highest BCUT2D eigenvalue weighted by Crippen LogP contribution is 2.36. The number of rotatable bonds is 3. The van der Waals surface area contributed by atoms with Crippen LogP contribution < -0.4 is 5.32 Å². The van der Waals surface area contributed by atoms with Crippen molar-refractivity contribution in [1.29, 1.82) is 0 Å². The summed E-state index contributed by atoms with van der Waals surface area (Å²) in [6, 6.07) is 3.25. The molecule has 108 valence electrons. The average Bonchev–Trinajstić information content (AvgIpc) is 2.89. The zero-order valence-electron chi connectivity index (χ0n) is 10.0. The van der Waals surface area contributed by atoms with Crippen LogP contribution in [0.4, 0.5) is 5.69 Å². The zero-order valence-corrected chi connectivity index (χ0v) is 13.1. The molecule has 1 aromatic carbocycles. The predicted octanol–water partition coefficient (Wildman–Crippen LogP) is 3.33. The van der Waals surface area contributed by atoms with Gasteiger partial charge >= 0.3 is 5.97 Å². The maximum absolute atomic E-state index is 12.0. The van der Waals surface area contributed by atoms with E-state index in [0.29, 0.717) is 28.0 Å². The van der Waals surface area contributed by atoms with Crippen LogP contribution in [0.2, 0.25) is 10.0 Å². The van der Waals surface area contributed by atoms with Gasteiger partial charge in [0, 0.05) is 4.47 Å². The number of nitrogens with one attached hydrogen (secondary N) is 1. The summed E-state index contributed by atoms with van der Waals surface area (Å²) < 4.78 is 5.77. The Kier molecular flexibility index (Phi) is 4.90. The molecule has 0 bridgehead atoms. The van der Waals surface area contributed by atoms with Crippen LogP contribution in [0.1, 0.15) is 12.8 Å². The minimum absolute atomic E-state index is 0.210. The molecule has 0 unspecified atom stereocenters. The minimum atomic E-state index is -1.06. The van der Waals surface area contributed by atoms with Crippen LogP contribution in [0.15, 0.2) is 16.6 Å². The number of hydrogen-bond acceptors (Lipinski definition) is 3. The average molecular weight is 383 g/mol. The van der Waals surface area contributed by atoms with Crippen LogP contribution in [-0.4, -0.2) is 29.2 Å². The Hall–Kier alpha value is -0.820. The first-order chi connectivity index (χ1) is 9.40. The highest BCUT2D eigenvalue weighted by molar-refractivity contribution is 9.10. The third-order valence-corrected chi connectivity index (χ3v) is 4.65. The van der Waals surface area contributed by atoms with Crippen LogP contribution in [-0.2, 0) is 14.3 Å². The van der Waals surface area contributed by atoms with Crippen molar-refractivity contribution in [1.82, 2.24) is 0 Å². The van der Waals surface area contributed by atoms with Crippen molar-refractivity contribution in [3.8, 4) is 0 Å². The molecule has 8 heteroatoms. The molecule has 2 N–H and O–H groups in total. The number of benzene rings is 1. The number of carbonyl (C=O) groups excluding carboxylic acids is 1. The van der Waals surface area contributed by atoms with Gasteiger partial charge in [-0.2, -0.15) is 0 Å².